The molecule has 0 aromatic carbocycles. The second kappa shape index (κ2) is 9.01. The summed E-state index contributed by atoms with van der Waals surface area (Å²) in [4.78, 5) is 2.64. The quantitative estimate of drug-likeness (QED) is 0.726. The van der Waals surface area contributed by atoms with E-state index in [4.69, 9.17) is 4.74 Å². The Morgan fingerprint density at radius 2 is 1.95 bits per heavy atom. The van der Waals surface area contributed by atoms with E-state index in [1.165, 1.54) is 51.5 Å². The molecule has 3 nitrogen and oxygen atoms in total. The summed E-state index contributed by atoms with van der Waals surface area (Å²) in [6, 6.07) is 1.38. The van der Waals surface area contributed by atoms with E-state index >= 15 is 0 Å². The molecule has 2 fully saturated rings. The van der Waals surface area contributed by atoms with Gasteiger partial charge in [0.05, 0.1) is 6.61 Å². The van der Waals surface area contributed by atoms with Crippen molar-refractivity contribution in [3.63, 3.8) is 0 Å². The largest absolute Gasteiger partial charge is 0.380 e. The predicted octanol–water partition coefficient (Wildman–Crippen LogP) is 3.05. The third-order valence-electron chi connectivity index (χ3n) is 5.11. The van der Waals surface area contributed by atoms with Crippen LogP contribution in [0.5, 0.6) is 0 Å². The van der Waals surface area contributed by atoms with Crippen LogP contribution < -0.4 is 5.32 Å². The smallest absolute Gasteiger partial charge is 0.0593 e. The van der Waals surface area contributed by atoms with E-state index in [1.54, 1.807) is 0 Å². The molecule has 0 spiro atoms. The first kappa shape index (κ1) is 16.3. The van der Waals surface area contributed by atoms with E-state index in [2.05, 4.69) is 24.1 Å². The van der Waals surface area contributed by atoms with Gasteiger partial charge in [-0.15, -0.1) is 0 Å². The normalized spacial score (nSPS) is 29.7. The molecule has 1 saturated carbocycles. The van der Waals surface area contributed by atoms with Gasteiger partial charge in [-0.1, -0.05) is 32.6 Å². The number of hydrogen-bond donors (Lipinski definition) is 1. The number of rotatable bonds is 7. The van der Waals surface area contributed by atoms with Crippen LogP contribution in [-0.4, -0.2) is 49.8 Å². The molecule has 3 heteroatoms. The van der Waals surface area contributed by atoms with Gasteiger partial charge < -0.3 is 10.1 Å². The highest BCUT2D eigenvalue weighted by molar-refractivity contribution is 4.89. The van der Waals surface area contributed by atoms with Gasteiger partial charge in [-0.2, -0.15) is 0 Å². The Morgan fingerprint density at radius 1 is 1.15 bits per heavy atom. The Labute approximate surface area is 125 Å². The molecule has 0 amide bonds. The molecule has 118 valence electrons. The number of nitrogens with zero attached hydrogens (tertiary/aromatic N) is 1. The average molecular weight is 282 g/mol. The van der Waals surface area contributed by atoms with Gasteiger partial charge in [0, 0.05) is 38.3 Å². The van der Waals surface area contributed by atoms with Crippen LogP contribution in [0.3, 0.4) is 0 Å². The van der Waals surface area contributed by atoms with E-state index in [1.807, 2.05) is 0 Å². The van der Waals surface area contributed by atoms with Crippen molar-refractivity contribution in [1.29, 1.82) is 0 Å². The molecule has 2 rings (SSSR count). The number of unbranched alkanes of at least 4 members (excludes halogenated alkanes) is 1. The van der Waals surface area contributed by atoms with Crippen LogP contribution in [0, 0.1) is 5.92 Å². The second-order valence-corrected chi connectivity index (χ2v) is 6.72. The fraction of sp³-hybridized carbons (Fsp3) is 1.00. The van der Waals surface area contributed by atoms with Crippen molar-refractivity contribution in [2.24, 2.45) is 5.92 Å². The van der Waals surface area contributed by atoms with E-state index in [9.17, 15) is 0 Å². The molecule has 1 heterocycles. The van der Waals surface area contributed by atoms with Crippen LogP contribution in [0.15, 0.2) is 0 Å². The first-order valence-corrected chi connectivity index (χ1v) is 8.86. The minimum Gasteiger partial charge on any atom is -0.380 e. The van der Waals surface area contributed by atoms with Crippen molar-refractivity contribution >= 4 is 0 Å². The van der Waals surface area contributed by atoms with Gasteiger partial charge in [0.2, 0.25) is 0 Å². The summed E-state index contributed by atoms with van der Waals surface area (Å²) in [6.07, 6.45) is 9.64. The van der Waals surface area contributed by atoms with Crippen molar-refractivity contribution in [2.75, 3.05) is 32.8 Å². The Balaban J connectivity index is 1.70. The van der Waals surface area contributed by atoms with Crippen molar-refractivity contribution < 1.29 is 4.74 Å². The zero-order valence-electron chi connectivity index (χ0n) is 13.6. The maximum absolute atomic E-state index is 5.74. The van der Waals surface area contributed by atoms with Gasteiger partial charge in [0.1, 0.15) is 0 Å². The molecule has 1 aliphatic carbocycles. The number of hydrogen-bond acceptors (Lipinski definition) is 3. The molecule has 1 saturated heterocycles. The highest BCUT2D eigenvalue weighted by atomic mass is 16.5. The molecular formula is C17H34N2O. The summed E-state index contributed by atoms with van der Waals surface area (Å²) in [5.74, 6) is 0.916. The maximum Gasteiger partial charge on any atom is 0.0593 e. The lowest BCUT2D eigenvalue weighted by Gasteiger charge is -2.42. The van der Waals surface area contributed by atoms with Crippen molar-refractivity contribution in [2.45, 2.75) is 70.9 Å². The van der Waals surface area contributed by atoms with E-state index in [-0.39, 0.29) is 0 Å². The Kier molecular flexibility index (Phi) is 7.32. The molecule has 1 aliphatic heterocycles. The van der Waals surface area contributed by atoms with Crippen LogP contribution in [0.4, 0.5) is 0 Å². The lowest BCUT2D eigenvalue weighted by atomic mass is 9.82. The molecular weight excluding hydrogens is 248 g/mol. The van der Waals surface area contributed by atoms with E-state index in [0.29, 0.717) is 6.04 Å². The molecule has 0 bridgehead atoms. The van der Waals surface area contributed by atoms with Gasteiger partial charge in [0.25, 0.3) is 0 Å². The predicted molar refractivity (Wildman–Crippen MR) is 85.1 cm³/mol. The summed E-state index contributed by atoms with van der Waals surface area (Å²) in [6.45, 7) is 9.88. The van der Waals surface area contributed by atoms with Crippen LogP contribution >= 0.6 is 0 Å². The highest BCUT2D eigenvalue weighted by Crippen LogP contribution is 2.28. The van der Waals surface area contributed by atoms with Gasteiger partial charge >= 0.3 is 0 Å². The lowest BCUT2D eigenvalue weighted by molar-refractivity contribution is 0.0564. The third kappa shape index (κ3) is 5.01. The van der Waals surface area contributed by atoms with Crippen molar-refractivity contribution in [1.82, 2.24) is 10.2 Å². The summed E-state index contributed by atoms with van der Waals surface area (Å²) in [7, 11) is 0. The second-order valence-electron chi connectivity index (χ2n) is 6.72. The Morgan fingerprint density at radius 3 is 2.70 bits per heavy atom. The fourth-order valence-electron chi connectivity index (χ4n) is 3.64. The lowest BCUT2D eigenvalue weighted by Crippen LogP contribution is -2.58. The molecule has 0 radical (unpaired) electrons. The highest BCUT2D eigenvalue weighted by Gasteiger charge is 2.30. The molecule has 2 atom stereocenters. The third-order valence-corrected chi connectivity index (χ3v) is 5.11. The molecule has 1 N–H and O–H groups in total. The Bertz CT molecular complexity index is 253. The molecule has 0 aromatic heterocycles. The van der Waals surface area contributed by atoms with Crippen molar-refractivity contribution in [3.05, 3.63) is 0 Å². The number of piperazine rings is 1. The topological polar surface area (TPSA) is 24.5 Å². The number of nitrogens with one attached hydrogen (secondary N) is 1. The fourth-order valence-corrected chi connectivity index (χ4v) is 3.64. The van der Waals surface area contributed by atoms with E-state index < -0.39 is 0 Å². The molecule has 0 aromatic rings. The minimum absolute atomic E-state index is 0.657. The Hall–Kier alpha value is -0.120. The van der Waals surface area contributed by atoms with Gasteiger partial charge in [-0.05, 0) is 32.1 Å². The van der Waals surface area contributed by atoms with Crippen LogP contribution in [0.1, 0.15) is 58.8 Å². The maximum atomic E-state index is 5.74. The molecule has 20 heavy (non-hydrogen) atoms. The molecule has 2 unspecified atom stereocenters. The summed E-state index contributed by atoms with van der Waals surface area (Å²) in [5.41, 5.74) is 0. The monoisotopic (exact) mass is 282 g/mol. The minimum atomic E-state index is 0.657. The summed E-state index contributed by atoms with van der Waals surface area (Å²) in [5, 5.41) is 3.80. The SMILES string of the molecule is CCCCOCCN1CC(C2CCCCC2)NCC1C. The number of ether oxygens (including phenoxy) is 1. The summed E-state index contributed by atoms with van der Waals surface area (Å²) < 4.78 is 5.74. The van der Waals surface area contributed by atoms with Gasteiger partial charge in [-0.25, -0.2) is 0 Å². The summed E-state index contributed by atoms with van der Waals surface area (Å²) >= 11 is 0. The average Bonchev–Trinajstić information content (AvgIpc) is 2.49. The standard InChI is InChI=1S/C17H34N2O/c1-3-4-11-20-12-10-19-14-17(18-13-15(19)2)16-8-6-5-7-9-16/h15-18H,3-14H2,1-2H3. The van der Waals surface area contributed by atoms with E-state index in [0.717, 1.165) is 38.3 Å². The van der Waals surface area contributed by atoms with Crippen LogP contribution in [0.25, 0.3) is 0 Å². The first-order valence-electron chi connectivity index (χ1n) is 8.86. The molecule has 2 aliphatic rings. The van der Waals surface area contributed by atoms with Gasteiger partial charge in [-0.3, -0.25) is 4.90 Å². The van der Waals surface area contributed by atoms with Gasteiger partial charge in [0.15, 0.2) is 0 Å². The van der Waals surface area contributed by atoms with Crippen LogP contribution in [0.2, 0.25) is 0 Å². The zero-order chi connectivity index (χ0) is 14.2. The van der Waals surface area contributed by atoms with Crippen LogP contribution in [-0.2, 0) is 4.74 Å². The van der Waals surface area contributed by atoms with Crippen molar-refractivity contribution in [3.8, 4) is 0 Å². The first-order chi connectivity index (χ1) is 9.81. The zero-order valence-corrected chi connectivity index (χ0v) is 13.6.